The van der Waals surface area contributed by atoms with Crippen molar-refractivity contribution in [3.8, 4) is 17.1 Å². The van der Waals surface area contributed by atoms with Crippen molar-refractivity contribution in [2.75, 3.05) is 17.7 Å². The zero-order valence-electron chi connectivity index (χ0n) is 26.8. The molecule has 49 heavy (non-hydrogen) atoms. The van der Waals surface area contributed by atoms with Crippen molar-refractivity contribution in [1.29, 1.82) is 0 Å². The van der Waals surface area contributed by atoms with Gasteiger partial charge in [0.1, 0.15) is 23.0 Å². The number of thioether (sulfide) groups is 1. The van der Waals surface area contributed by atoms with Crippen LogP contribution < -0.4 is 20.7 Å². The summed E-state index contributed by atoms with van der Waals surface area (Å²) in [5, 5.41) is 10.3. The van der Waals surface area contributed by atoms with Crippen LogP contribution in [0.15, 0.2) is 148 Å². The third-order valence-corrected chi connectivity index (χ3v) is 8.77. The molecule has 1 atom stereocenters. The first kappa shape index (κ1) is 32.9. The number of rotatable bonds is 11. The summed E-state index contributed by atoms with van der Waals surface area (Å²) in [5.41, 5.74) is 2.42. The van der Waals surface area contributed by atoms with Gasteiger partial charge in [0.2, 0.25) is 5.91 Å². The van der Waals surface area contributed by atoms with E-state index in [2.05, 4.69) is 16.0 Å². The second-order valence-electron chi connectivity index (χ2n) is 11.0. The molecule has 1 unspecified atom stereocenters. The quantitative estimate of drug-likeness (QED) is 0.0943. The molecular weight excluding hydrogens is 635 g/mol. The topological polar surface area (TPSA) is 110 Å². The van der Waals surface area contributed by atoms with Crippen molar-refractivity contribution in [1.82, 2.24) is 5.32 Å². The first-order valence-corrected chi connectivity index (χ1v) is 16.4. The summed E-state index contributed by atoms with van der Waals surface area (Å²) < 4.78 is 11.5. The standard InChI is InChI=1S/C40H33N3O5S/c1-26(38(44)42-34-17-10-14-27-11-6-7-15-32(27)34)49-31-22-19-29(20-23-31)41-40(46)35(43-39(45)28-12-4-3-5-13-28)25-30-21-24-37(48-30)33-16-8-9-18-36(33)47-2/h3-26H,1-2H3,(H,41,46)(H,42,44)(H,43,45)/b35-25+. The highest BCUT2D eigenvalue weighted by Crippen LogP contribution is 2.32. The monoisotopic (exact) mass is 667 g/mol. The Bertz CT molecular complexity index is 2140. The van der Waals surface area contributed by atoms with Gasteiger partial charge in [0.05, 0.1) is 17.9 Å². The normalized spacial score (nSPS) is 11.8. The Kier molecular flexibility index (Phi) is 10.2. The number of benzene rings is 5. The number of carbonyl (C=O) groups excluding carboxylic acids is 3. The van der Waals surface area contributed by atoms with Crippen LogP contribution in [0.1, 0.15) is 23.0 Å². The number of para-hydroxylation sites is 1. The van der Waals surface area contributed by atoms with Gasteiger partial charge in [0, 0.05) is 33.3 Å². The van der Waals surface area contributed by atoms with Crippen LogP contribution in [-0.2, 0) is 9.59 Å². The Morgan fingerprint density at radius 1 is 0.755 bits per heavy atom. The molecule has 1 aromatic heterocycles. The zero-order chi connectivity index (χ0) is 34.2. The van der Waals surface area contributed by atoms with E-state index in [0.29, 0.717) is 28.5 Å². The lowest BCUT2D eigenvalue weighted by molar-refractivity contribution is -0.115. The summed E-state index contributed by atoms with van der Waals surface area (Å²) in [5.74, 6) is 0.454. The van der Waals surface area contributed by atoms with Crippen molar-refractivity contribution in [3.63, 3.8) is 0 Å². The van der Waals surface area contributed by atoms with Crippen LogP contribution in [0.5, 0.6) is 5.75 Å². The number of anilines is 2. The number of ether oxygens (including phenoxy) is 1. The second-order valence-corrected chi connectivity index (χ2v) is 12.4. The second kappa shape index (κ2) is 15.2. The summed E-state index contributed by atoms with van der Waals surface area (Å²) in [4.78, 5) is 40.6. The summed E-state index contributed by atoms with van der Waals surface area (Å²) in [6.07, 6.45) is 1.48. The molecule has 8 nitrogen and oxygen atoms in total. The van der Waals surface area contributed by atoms with Gasteiger partial charge in [-0.15, -0.1) is 11.8 Å². The average Bonchev–Trinajstić information content (AvgIpc) is 3.61. The number of carbonyl (C=O) groups is 3. The summed E-state index contributed by atoms with van der Waals surface area (Å²) in [7, 11) is 1.58. The van der Waals surface area contributed by atoms with Crippen molar-refractivity contribution in [3.05, 3.63) is 150 Å². The molecule has 0 aliphatic heterocycles. The summed E-state index contributed by atoms with van der Waals surface area (Å²) in [6, 6.07) is 40.5. The predicted molar refractivity (Wildman–Crippen MR) is 196 cm³/mol. The van der Waals surface area contributed by atoms with E-state index in [-0.39, 0.29) is 16.9 Å². The number of amides is 3. The van der Waals surface area contributed by atoms with Gasteiger partial charge >= 0.3 is 0 Å². The van der Waals surface area contributed by atoms with E-state index in [0.717, 1.165) is 26.9 Å². The highest BCUT2D eigenvalue weighted by atomic mass is 32.2. The van der Waals surface area contributed by atoms with Crippen LogP contribution in [0.2, 0.25) is 0 Å². The minimum absolute atomic E-state index is 0.00744. The number of fused-ring (bicyclic) bond motifs is 1. The first-order valence-electron chi connectivity index (χ1n) is 15.6. The Morgan fingerprint density at radius 2 is 1.47 bits per heavy atom. The molecule has 0 aliphatic carbocycles. The van der Waals surface area contributed by atoms with E-state index in [1.807, 2.05) is 91.9 Å². The van der Waals surface area contributed by atoms with Gasteiger partial charge in [-0.05, 0) is 79.0 Å². The van der Waals surface area contributed by atoms with Gasteiger partial charge in [0.15, 0.2) is 0 Å². The molecule has 0 spiro atoms. The molecule has 0 saturated carbocycles. The van der Waals surface area contributed by atoms with Gasteiger partial charge in [-0.25, -0.2) is 0 Å². The molecule has 0 aliphatic rings. The molecule has 9 heteroatoms. The molecule has 6 aromatic rings. The minimum Gasteiger partial charge on any atom is -0.496 e. The van der Waals surface area contributed by atoms with E-state index in [1.54, 1.807) is 55.6 Å². The van der Waals surface area contributed by atoms with Gasteiger partial charge < -0.3 is 25.1 Å². The third-order valence-electron chi connectivity index (χ3n) is 7.66. The fraction of sp³-hybridized carbons (Fsp3) is 0.0750. The third kappa shape index (κ3) is 8.09. The lowest BCUT2D eigenvalue weighted by Crippen LogP contribution is -2.30. The zero-order valence-corrected chi connectivity index (χ0v) is 27.6. The number of hydrogen-bond acceptors (Lipinski definition) is 6. The van der Waals surface area contributed by atoms with Crippen LogP contribution in [0, 0.1) is 0 Å². The average molecular weight is 668 g/mol. The van der Waals surface area contributed by atoms with Crippen LogP contribution in [-0.4, -0.2) is 30.1 Å². The van der Waals surface area contributed by atoms with E-state index in [4.69, 9.17) is 9.15 Å². The van der Waals surface area contributed by atoms with Gasteiger partial charge in [-0.3, -0.25) is 14.4 Å². The first-order chi connectivity index (χ1) is 23.9. The molecular formula is C40H33N3O5S. The lowest BCUT2D eigenvalue weighted by Gasteiger charge is -2.14. The number of nitrogens with one attached hydrogen (secondary N) is 3. The maximum absolute atomic E-state index is 13.6. The summed E-state index contributed by atoms with van der Waals surface area (Å²) >= 11 is 1.41. The van der Waals surface area contributed by atoms with Crippen LogP contribution in [0.25, 0.3) is 28.2 Å². The van der Waals surface area contributed by atoms with Crippen molar-refractivity contribution in [2.45, 2.75) is 17.1 Å². The molecule has 0 radical (unpaired) electrons. The maximum atomic E-state index is 13.6. The van der Waals surface area contributed by atoms with E-state index in [1.165, 1.54) is 17.8 Å². The SMILES string of the molecule is COc1ccccc1-c1ccc(/C=C(/NC(=O)c2ccccc2)C(=O)Nc2ccc(SC(C)C(=O)Nc3cccc4ccccc34)cc2)o1. The molecule has 0 saturated heterocycles. The molecule has 0 bridgehead atoms. The molecule has 244 valence electrons. The van der Waals surface area contributed by atoms with Crippen molar-refractivity contribution >= 4 is 57.7 Å². The number of furan rings is 1. The van der Waals surface area contributed by atoms with Crippen LogP contribution >= 0.6 is 11.8 Å². The van der Waals surface area contributed by atoms with E-state index >= 15 is 0 Å². The highest BCUT2D eigenvalue weighted by Gasteiger charge is 2.18. The Labute approximate surface area is 288 Å². The predicted octanol–water partition coefficient (Wildman–Crippen LogP) is 8.64. The molecule has 0 fully saturated rings. The van der Waals surface area contributed by atoms with Crippen molar-refractivity contribution in [2.24, 2.45) is 0 Å². The fourth-order valence-electron chi connectivity index (χ4n) is 5.15. The Morgan fingerprint density at radius 3 is 2.27 bits per heavy atom. The minimum atomic E-state index is -0.539. The number of hydrogen-bond donors (Lipinski definition) is 3. The molecule has 3 amide bonds. The Balaban J connectivity index is 1.15. The van der Waals surface area contributed by atoms with Gasteiger partial charge in [-0.2, -0.15) is 0 Å². The van der Waals surface area contributed by atoms with Crippen molar-refractivity contribution < 1.29 is 23.5 Å². The molecule has 1 heterocycles. The van der Waals surface area contributed by atoms with Gasteiger partial charge in [0.25, 0.3) is 11.8 Å². The molecule has 3 N–H and O–H groups in total. The highest BCUT2D eigenvalue weighted by molar-refractivity contribution is 8.00. The largest absolute Gasteiger partial charge is 0.496 e. The van der Waals surface area contributed by atoms with E-state index in [9.17, 15) is 14.4 Å². The lowest BCUT2D eigenvalue weighted by atomic mass is 10.1. The maximum Gasteiger partial charge on any atom is 0.272 e. The Hall–Kier alpha value is -6.06. The molecule has 5 aromatic carbocycles. The fourth-order valence-corrected chi connectivity index (χ4v) is 6.02. The molecule has 6 rings (SSSR count). The summed E-state index contributed by atoms with van der Waals surface area (Å²) in [6.45, 7) is 1.85. The van der Waals surface area contributed by atoms with Crippen LogP contribution in [0.3, 0.4) is 0 Å². The van der Waals surface area contributed by atoms with E-state index < -0.39 is 11.8 Å². The van der Waals surface area contributed by atoms with Crippen LogP contribution in [0.4, 0.5) is 11.4 Å². The van der Waals surface area contributed by atoms with Gasteiger partial charge in [-0.1, -0.05) is 66.7 Å². The smallest absolute Gasteiger partial charge is 0.272 e. The number of methoxy groups -OCH3 is 1.